The second kappa shape index (κ2) is 4.67. The molecule has 1 aliphatic rings. The van der Waals surface area contributed by atoms with Crippen LogP contribution in [0, 0.1) is 0 Å². The van der Waals surface area contributed by atoms with Gasteiger partial charge in [-0.05, 0) is 18.9 Å². The molecular formula is C15H10N6O2. The Labute approximate surface area is 129 Å². The normalized spacial score (nSPS) is 14.4. The molecule has 1 fully saturated rings. The average Bonchev–Trinajstić information content (AvgIpc) is 3.17. The third-order valence-electron chi connectivity index (χ3n) is 3.78. The first-order chi connectivity index (χ1) is 11.4. The summed E-state index contributed by atoms with van der Waals surface area (Å²) in [4.78, 5) is 12.4. The topological polar surface area (TPSA) is 104 Å². The summed E-state index contributed by atoms with van der Waals surface area (Å²) in [5.74, 6) is 1.18. The highest BCUT2D eigenvalue weighted by atomic mass is 16.5. The van der Waals surface area contributed by atoms with E-state index >= 15 is 0 Å². The lowest BCUT2D eigenvalue weighted by atomic mass is 10.1. The van der Waals surface area contributed by atoms with Crippen LogP contribution < -0.4 is 0 Å². The lowest BCUT2D eigenvalue weighted by Gasteiger charge is -1.95. The number of nitrogens with zero attached hydrogens (tertiary/aromatic N) is 6. The zero-order valence-corrected chi connectivity index (χ0v) is 11.9. The molecule has 0 aliphatic heterocycles. The molecule has 112 valence electrons. The van der Waals surface area contributed by atoms with Crippen molar-refractivity contribution < 1.29 is 8.94 Å². The predicted molar refractivity (Wildman–Crippen MR) is 78.1 cm³/mol. The van der Waals surface area contributed by atoms with Gasteiger partial charge >= 0.3 is 0 Å². The lowest BCUT2D eigenvalue weighted by Crippen LogP contribution is -1.83. The second-order valence-electron chi connectivity index (χ2n) is 5.42. The van der Waals surface area contributed by atoms with Crippen LogP contribution in [0.15, 0.2) is 39.8 Å². The van der Waals surface area contributed by atoms with Gasteiger partial charge in [0, 0.05) is 24.5 Å². The molecule has 0 saturated heterocycles. The molecule has 0 atom stereocenters. The van der Waals surface area contributed by atoms with Gasteiger partial charge in [0.15, 0.2) is 0 Å². The van der Waals surface area contributed by atoms with Crippen molar-refractivity contribution in [3.8, 4) is 23.0 Å². The molecular weight excluding hydrogens is 296 g/mol. The molecule has 4 aromatic heterocycles. The Bertz CT molecular complexity index is 990. The average molecular weight is 306 g/mol. The highest BCUT2D eigenvalue weighted by molar-refractivity contribution is 5.81. The molecule has 0 amide bonds. The zero-order chi connectivity index (χ0) is 15.2. The van der Waals surface area contributed by atoms with Gasteiger partial charge in [0.25, 0.3) is 11.6 Å². The van der Waals surface area contributed by atoms with E-state index < -0.39 is 0 Å². The van der Waals surface area contributed by atoms with E-state index in [-0.39, 0.29) is 0 Å². The number of pyridine rings is 1. The minimum atomic E-state index is 0.320. The summed E-state index contributed by atoms with van der Waals surface area (Å²) in [6, 6.07) is 1.93. The van der Waals surface area contributed by atoms with E-state index in [4.69, 9.17) is 8.94 Å². The number of hydrogen-bond acceptors (Lipinski definition) is 8. The van der Waals surface area contributed by atoms with Gasteiger partial charge < -0.3 is 8.94 Å². The van der Waals surface area contributed by atoms with Crippen molar-refractivity contribution in [1.82, 2.24) is 30.3 Å². The number of rotatable bonds is 3. The summed E-state index contributed by atoms with van der Waals surface area (Å²) in [6.07, 6.45) is 8.66. The van der Waals surface area contributed by atoms with E-state index in [1.54, 1.807) is 24.8 Å². The fraction of sp³-hybridized carbons (Fsp3) is 0.200. The largest absolute Gasteiger partial charge is 0.414 e. The first kappa shape index (κ1) is 12.4. The molecule has 0 aromatic carbocycles. The summed E-state index contributed by atoms with van der Waals surface area (Å²) in [5.41, 5.74) is 2.75. The van der Waals surface area contributed by atoms with E-state index in [1.165, 1.54) is 0 Å². The molecule has 0 bridgehead atoms. The van der Waals surface area contributed by atoms with Crippen LogP contribution in [-0.4, -0.2) is 30.3 Å². The van der Waals surface area contributed by atoms with Crippen LogP contribution >= 0.6 is 0 Å². The number of hydrogen-bond donors (Lipinski definition) is 0. The Morgan fingerprint density at radius 2 is 1.91 bits per heavy atom. The molecule has 1 aliphatic carbocycles. The van der Waals surface area contributed by atoms with E-state index in [0.29, 0.717) is 29.1 Å². The van der Waals surface area contributed by atoms with Gasteiger partial charge in [-0.15, -0.1) is 10.2 Å². The Morgan fingerprint density at radius 1 is 1.00 bits per heavy atom. The molecule has 4 heterocycles. The minimum absolute atomic E-state index is 0.320. The standard InChI is InChI=1S/C15H10N6O2/c1-2-8(1)12-10-5-9(6-18-14(10)23-21-12)13-19-20-15(22-13)11-7-16-3-4-17-11/h3-8H,1-2H2. The molecule has 0 spiro atoms. The van der Waals surface area contributed by atoms with Crippen LogP contribution in [-0.2, 0) is 0 Å². The van der Waals surface area contributed by atoms with E-state index in [2.05, 4.69) is 30.3 Å². The zero-order valence-electron chi connectivity index (χ0n) is 11.9. The minimum Gasteiger partial charge on any atom is -0.414 e. The van der Waals surface area contributed by atoms with E-state index in [9.17, 15) is 0 Å². The Morgan fingerprint density at radius 3 is 2.74 bits per heavy atom. The summed E-state index contributed by atoms with van der Waals surface area (Å²) < 4.78 is 11.0. The van der Waals surface area contributed by atoms with Crippen molar-refractivity contribution in [1.29, 1.82) is 0 Å². The van der Waals surface area contributed by atoms with Crippen LogP contribution in [0.4, 0.5) is 0 Å². The second-order valence-corrected chi connectivity index (χ2v) is 5.42. The monoisotopic (exact) mass is 306 g/mol. The van der Waals surface area contributed by atoms with Crippen molar-refractivity contribution in [3.05, 3.63) is 36.5 Å². The van der Waals surface area contributed by atoms with Gasteiger partial charge in [0.05, 0.1) is 22.8 Å². The molecule has 1 saturated carbocycles. The molecule has 8 nitrogen and oxygen atoms in total. The number of fused-ring (bicyclic) bond motifs is 1. The van der Waals surface area contributed by atoms with Gasteiger partial charge in [-0.3, -0.25) is 4.98 Å². The van der Waals surface area contributed by atoms with Gasteiger partial charge in [-0.25, -0.2) is 9.97 Å². The summed E-state index contributed by atoms with van der Waals surface area (Å²) in [7, 11) is 0. The third kappa shape index (κ3) is 2.07. The molecule has 5 rings (SSSR count). The van der Waals surface area contributed by atoms with Crippen LogP contribution in [0.2, 0.25) is 0 Å². The third-order valence-corrected chi connectivity index (χ3v) is 3.78. The van der Waals surface area contributed by atoms with Crippen molar-refractivity contribution in [2.75, 3.05) is 0 Å². The first-order valence-electron chi connectivity index (χ1n) is 7.24. The summed E-state index contributed by atoms with van der Waals surface area (Å²) in [6.45, 7) is 0. The Hall–Kier alpha value is -3.16. The van der Waals surface area contributed by atoms with Crippen LogP contribution in [0.3, 0.4) is 0 Å². The van der Waals surface area contributed by atoms with Crippen LogP contribution in [0.5, 0.6) is 0 Å². The lowest BCUT2D eigenvalue weighted by molar-refractivity contribution is 0.439. The molecule has 8 heteroatoms. The Balaban J connectivity index is 1.58. The molecule has 23 heavy (non-hydrogen) atoms. The maximum atomic E-state index is 5.68. The Kier molecular flexibility index (Phi) is 2.51. The SMILES string of the molecule is c1cnc(-c2nnc(-c3cnc4onc(C5CC5)c4c3)o2)cn1. The first-order valence-corrected chi connectivity index (χ1v) is 7.24. The summed E-state index contributed by atoms with van der Waals surface area (Å²) >= 11 is 0. The van der Waals surface area contributed by atoms with Gasteiger partial charge in [-0.1, -0.05) is 5.16 Å². The van der Waals surface area contributed by atoms with E-state index in [1.807, 2.05) is 6.07 Å². The number of aromatic nitrogens is 6. The quantitative estimate of drug-likeness (QED) is 0.569. The smallest absolute Gasteiger partial charge is 0.268 e. The molecule has 0 unspecified atom stereocenters. The molecule has 0 N–H and O–H groups in total. The highest BCUT2D eigenvalue weighted by Crippen LogP contribution is 2.42. The predicted octanol–water partition coefficient (Wildman–Crippen LogP) is 2.61. The van der Waals surface area contributed by atoms with Gasteiger partial charge in [0.1, 0.15) is 5.69 Å². The fourth-order valence-electron chi connectivity index (χ4n) is 2.47. The maximum absolute atomic E-state index is 5.68. The van der Waals surface area contributed by atoms with Crippen molar-refractivity contribution in [3.63, 3.8) is 0 Å². The molecule has 4 aromatic rings. The van der Waals surface area contributed by atoms with E-state index in [0.717, 1.165) is 29.5 Å². The summed E-state index contributed by atoms with van der Waals surface area (Å²) in [5, 5.41) is 13.1. The van der Waals surface area contributed by atoms with Crippen molar-refractivity contribution in [2.45, 2.75) is 18.8 Å². The maximum Gasteiger partial charge on any atom is 0.268 e. The fourth-order valence-corrected chi connectivity index (χ4v) is 2.47. The highest BCUT2D eigenvalue weighted by Gasteiger charge is 2.29. The van der Waals surface area contributed by atoms with Crippen molar-refractivity contribution >= 4 is 11.1 Å². The van der Waals surface area contributed by atoms with Crippen molar-refractivity contribution in [2.24, 2.45) is 0 Å². The van der Waals surface area contributed by atoms with Gasteiger partial charge in [0.2, 0.25) is 5.89 Å². The van der Waals surface area contributed by atoms with Crippen LogP contribution in [0.1, 0.15) is 24.5 Å². The molecule has 0 radical (unpaired) electrons. The van der Waals surface area contributed by atoms with Gasteiger partial charge in [-0.2, -0.15) is 0 Å². The van der Waals surface area contributed by atoms with Crippen LogP contribution in [0.25, 0.3) is 34.1 Å².